The van der Waals surface area contributed by atoms with Crippen LogP contribution in [0.4, 0.5) is 0 Å². The van der Waals surface area contributed by atoms with Crippen LogP contribution in [0.2, 0.25) is 0 Å². The van der Waals surface area contributed by atoms with E-state index in [2.05, 4.69) is 45.4 Å². The summed E-state index contributed by atoms with van der Waals surface area (Å²) in [6, 6.07) is 0. The monoisotopic (exact) mass is 230 g/mol. The molecule has 0 aliphatic heterocycles. The maximum Gasteiger partial charge on any atom is 0.0358 e. The van der Waals surface area contributed by atoms with Gasteiger partial charge in [-0.25, -0.2) is 0 Å². The quantitative estimate of drug-likeness (QED) is 0.593. The first-order valence-corrected chi connectivity index (χ1v) is 7.48. The lowest BCUT2D eigenvalue weighted by Gasteiger charge is -2.06. The molecule has 0 amide bonds. The molecule has 0 aromatic rings. The van der Waals surface area contributed by atoms with E-state index in [4.69, 9.17) is 0 Å². The van der Waals surface area contributed by atoms with Crippen LogP contribution in [0.25, 0.3) is 0 Å². The molecule has 0 saturated heterocycles. The number of thioether (sulfide) groups is 2. The molecule has 0 heterocycles. The fourth-order valence-corrected chi connectivity index (χ4v) is 2.57. The highest BCUT2D eigenvalue weighted by Crippen LogP contribution is 2.26. The molecule has 0 saturated carbocycles. The van der Waals surface area contributed by atoms with Crippen LogP contribution in [-0.2, 0) is 0 Å². The van der Waals surface area contributed by atoms with Crippen molar-refractivity contribution in [3.8, 4) is 0 Å². The Bertz CT molecular complexity index is 194. The molecular weight excluding hydrogens is 208 g/mol. The average molecular weight is 230 g/mol. The molecule has 0 nitrogen and oxygen atoms in total. The van der Waals surface area contributed by atoms with Crippen molar-refractivity contribution in [1.82, 2.24) is 0 Å². The molecule has 0 radical (unpaired) electrons. The highest BCUT2D eigenvalue weighted by Gasteiger charge is 1.99. The van der Waals surface area contributed by atoms with E-state index < -0.39 is 0 Å². The van der Waals surface area contributed by atoms with Crippen molar-refractivity contribution in [3.05, 3.63) is 22.0 Å². The topological polar surface area (TPSA) is 0 Å². The van der Waals surface area contributed by atoms with Crippen molar-refractivity contribution in [3.63, 3.8) is 0 Å². The molecular formula is C12H22S2. The average Bonchev–Trinajstić information content (AvgIpc) is 2.13. The van der Waals surface area contributed by atoms with Crippen LogP contribution in [0.5, 0.6) is 0 Å². The zero-order valence-corrected chi connectivity index (χ0v) is 11.6. The molecule has 0 rings (SSSR count). The Hall–Kier alpha value is 0.180. The van der Waals surface area contributed by atoms with Crippen LogP contribution in [0, 0.1) is 5.92 Å². The van der Waals surface area contributed by atoms with Gasteiger partial charge in [0.2, 0.25) is 0 Å². The molecule has 1 atom stereocenters. The fourth-order valence-electron chi connectivity index (χ4n) is 1.17. The molecule has 0 aromatic carbocycles. The smallest absolute Gasteiger partial charge is 0.0358 e. The summed E-state index contributed by atoms with van der Waals surface area (Å²) in [4.78, 5) is 0. The second-order valence-electron chi connectivity index (χ2n) is 3.73. The second-order valence-corrected chi connectivity index (χ2v) is 5.68. The maximum absolute atomic E-state index is 2.38. The van der Waals surface area contributed by atoms with E-state index in [1.807, 2.05) is 23.5 Å². The van der Waals surface area contributed by atoms with Crippen LogP contribution >= 0.6 is 23.5 Å². The number of rotatable bonds is 6. The van der Waals surface area contributed by atoms with Gasteiger partial charge in [-0.15, -0.1) is 23.5 Å². The number of hydrogen-bond acceptors (Lipinski definition) is 2. The molecule has 0 N–H and O–H groups in total. The first-order chi connectivity index (χ1) is 6.60. The Balaban J connectivity index is 3.90. The third kappa shape index (κ3) is 7.57. The minimum absolute atomic E-state index is 0.695. The fraction of sp³-hybridized carbons (Fsp3) is 0.667. The summed E-state index contributed by atoms with van der Waals surface area (Å²) in [7, 11) is 0. The van der Waals surface area contributed by atoms with Crippen LogP contribution in [-0.4, -0.2) is 12.5 Å². The van der Waals surface area contributed by atoms with Crippen molar-refractivity contribution in [2.75, 3.05) is 12.5 Å². The number of hydrogen-bond donors (Lipinski definition) is 0. The number of allylic oxidation sites excluding steroid dienone is 3. The maximum atomic E-state index is 2.38. The SMILES string of the molecule is CSC(=C[C@H](C)CCC=C(C)C)SC. The van der Waals surface area contributed by atoms with Crippen molar-refractivity contribution in [2.45, 2.75) is 33.6 Å². The van der Waals surface area contributed by atoms with Crippen LogP contribution in [0.1, 0.15) is 33.6 Å². The van der Waals surface area contributed by atoms with Crippen LogP contribution < -0.4 is 0 Å². The zero-order chi connectivity index (χ0) is 11.0. The normalized spacial score (nSPS) is 12.1. The first kappa shape index (κ1) is 14.2. The van der Waals surface area contributed by atoms with E-state index in [1.54, 1.807) is 0 Å². The lowest BCUT2D eigenvalue weighted by molar-refractivity contribution is 0.656. The Morgan fingerprint density at radius 3 is 2.21 bits per heavy atom. The van der Waals surface area contributed by atoms with Gasteiger partial charge in [0.1, 0.15) is 0 Å². The van der Waals surface area contributed by atoms with Gasteiger partial charge in [0.05, 0.1) is 0 Å². The standard InChI is InChI=1S/C12H22S2/c1-10(2)7-6-8-11(3)9-12(13-4)14-5/h7,9,11H,6,8H2,1-5H3/t11-/m1/s1. The summed E-state index contributed by atoms with van der Waals surface area (Å²) >= 11 is 3.69. The predicted octanol–water partition coefficient (Wildman–Crippen LogP) is 4.94. The van der Waals surface area contributed by atoms with Gasteiger partial charge >= 0.3 is 0 Å². The molecule has 0 unspecified atom stereocenters. The summed E-state index contributed by atoms with van der Waals surface area (Å²) in [5, 5.41) is 0. The van der Waals surface area contributed by atoms with E-state index in [9.17, 15) is 0 Å². The molecule has 82 valence electrons. The summed E-state index contributed by atoms with van der Waals surface area (Å²) in [5.74, 6) is 0.695. The summed E-state index contributed by atoms with van der Waals surface area (Å²) in [6.45, 7) is 6.62. The third-order valence-electron chi connectivity index (χ3n) is 2.00. The minimum atomic E-state index is 0.695. The van der Waals surface area contributed by atoms with Gasteiger partial charge in [0.15, 0.2) is 0 Å². The van der Waals surface area contributed by atoms with Gasteiger partial charge in [0.25, 0.3) is 0 Å². The Morgan fingerprint density at radius 1 is 1.21 bits per heavy atom. The van der Waals surface area contributed by atoms with Gasteiger partial charge in [0, 0.05) is 4.24 Å². The van der Waals surface area contributed by atoms with Gasteiger partial charge < -0.3 is 0 Å². The Labute approximate surface area is 97.6 Å². The van der Waals surface area contributed by atoms with Gasteiger partial charge in [-0.05, 0) is 45.1 Å². The largest absolute Gasteiger partial charge is 0.123 e. The second kappa shape index (κ2) is 8.49. The van der Waals surface area contributed by atoms with E-state index in [-0.39, 0.29) is 0 Å². The molecule has 0 bridgehead atoms. The van der Waals surface area contributed by atoms with Crippen LogP contribution in [0.15, 0.2) is 22.0 Å². The van der Waals surface area contributed by atoms with Crippen molar-refractivity contribution in [1.29, 1.82) is 0 Å². The lowest BCUT2D eigenvalue weighted by atomic mass is 10.1. The third-order valence-corrected chi connectivity index (χ3v) is 4.07. The highest BCUT2D eigenvalue weighted by molar-refractivity contribution is 8.21. The minimum Gasteiger partial charge on any atom is -0.123 e. The Morgan fingerprint density at radius 2 is 1.79 bits per heavy atom. The van der Waals surface area contributed by atoms with Gasteiger partial charge in [-0.1, -0.05) is 24.6 Å². The summed E-state index contributed by atoms with van der Waals surface area (Å²) in [5.41, 5.74) is 1.43. The Kier molecular flexibility index (Phi) is 8.59. The predicted molar refractivity (Wildman–Crippen MR) is 72.9 cm³/mol. The molecule has 0 fully saturated rings. The summed E-state index contributed by atoms with van der Waals surface area (Å²) < 4.78 is 1.44. The molecule has 0 aliphatic rings. The van der Waals surface area contributed by atoms with Crippen molar-refractivity contribution >= 4 is 23.5 Å². The van der Waals surface area contributed by atoms with E-state index in [0.717, 1.165) is 0 Å². The first-order valence-electron chi connectivity index (χ1n) is 5.03. The molecule has 0 aliphatic carbocycles. The van der Waals surface area contributed by atoms with E-state index >= 15 is 0 Å². The molecule has 0 aromatic heterocycles. The van der Waals surface area contributed by atoms with Crippen LogP contribution in [0.3, 0.4) is 0 Å². The van der Waals surface area contributed by atoms with Gasteiger partial charge in [-0.3, -0.25) is 0 Å². The lowest BCUT2D eigenvalue weighted by Crippen LogP contribution is -1.89. The zero-order valence-electron chi connectivity index (χ0n) is 9.96. The van der Waals surface area contributed by atoms with E-state index in [1.165, 1.54) is 22.7 Å². The van der Waals surface area contributed by atoms with Crippen molar-refractivity contribution < 1.29 is 0 Å². The molecule has 14 heavy (non-hydrogen) atoms. The highest BCUT2D eigenvalue weighted by atomic mass is 32.2. The molecule has 0 spiro atoms. The molecule has 2 heteroatoms. The van der Waals surface area contributed by atoms with E-state index in [0.29, 0.717) is 5.92 Å². The van der Waals surface area contributed by atoms with Crippen molar-refractivity contribution in [2.24, 2.45) is 5.92 Å². The summed E-state index contributed by atoms with van der Waals surface area (Å²) in [6.07, 6.45) is 11.5. The van der Waals surface area contributed by atoms with Gasteiger partial charge in [-0.2, -0.15) is 0 Å².